The highest BCUT2D eigenvalue weighted by Crippen LogP contribution is 2.23. The maximum absolute atomic E-state index is 3.92. The Morgan fingerprint density at radius 3 is 3.07 bits per heavy atom. The van der Waals surface area contributed by atoms with Gasteiger partial charge in [0, 0.05) is 29.2 Å². The summed E-state index contributed by atoms with van der Waals surface area (Å²) in [5.41, 5.74) is 2.56. The van der Waals surface area contributed by atoms with E-state index in [1.165, 1.54) is 16.0 Å². The zero-order valence-electron chi connectivity index (χ0n) is 8.95. The Bertz CT molecular complexity index is 405. The van der Waals surface area contributed by atoms with Crippen molar-refractivity contribution in [2.75, 3.05) is 0 Å². The number of aromatic nitrogens is 2. The van der Waals surface area contributed by atoms with Crippen molar-refractivity contribution in [1.29, 1.82) is 0 Å². The van der Waals surface area contributed by atoms with Gasteiger partial charge in [0.15, 0.2) is 0 Å². The summed E-state index contributed by atoms with van der Waals surface area (Å²) in [6.07, 6.45) is 3.77. The molecule has 4 heteroatoms. The van der Waals surface area contributed by atoms with Crippen molar-refractivity contribution in [1.82, 2.24) is 15.5 Å². The molecule has 2 rings (SSSR count). The van der Waals surface area contributed by atoms with Crippen LogP contribution in [0.25, 0.3) is 0 Å². The van der Waals surface area contributed by atoms with Gasteiger partial charge in [0.2, 0.25) is 0 Å². The van der Waals surface area contributed by atoms with Gasteiger partial charge in [-0.05, 0) is 30.9 Å². The van der Waals surface area contributed by atoms with E-state index in [1.54, 1.807) is 0 Å². The molecule has 0 bridgehead atoms. The number of rotatable bonds is 4. The van der Waals surface area contributed by atoms with E-state index in [0.717, 1.165) is 6.54 Å². The van der Waals surface area contributed by atoms with Crippen LogP contribution >= 0.6 is 11.3 Å². The number of thiophene rings is 1. The van der Waals surface area contributed by atoms with Crippen LogP contribution in [-0.2, 0) is 6.54 Å². The smallest absolute Gasteiger partial charge is 0.0532 e. The monoisotopic (exact) mass is 221 g/mol. The third kappa shape index (κ3) is 2.46. The minimum absolute atomic E-state index is 0.403. The summed E-state index contributed by atoms with van der Waals surface area (Å²) in [6.45, 7) is 5.20. The molecule has 3 nitrogen and oxygen atoms in total. The second-order valence-corrected chi connectivity index (χ2v) is 4.62. The molecule has 0 aliphatic carbocycles. The van der Waals surface area contributed by atoms with Gasteiger partial charge in [-0.2, -0.15) is 5.10 Å². The van der Waals surface area contributed by atoms with Crippen LogP contribution in [0.4, 0.5) is 0 Å². The number of nitrogens with one attached hydrogen (secondary N) is 2. The molecule has 0 aliphatic heterocycles. The van der Waals surface area contributed by atoms with Crippen molar-refractivity contribution in [3.05, 3.63) is 39.8 Å². The number of hydrogen-bond donors (Lipinski definition) is 2. The molecule has 15 heavy (non-hydrogen) atoms. The van der Waals surface area contributed by atoms with Crippen molar-refractivity contribution in [2.45, 2.75) is 26.4 Å². The minimum atomic E-state index is 0.403. The van der Waals surface area contributed by atoms with Gasteiger partial charge < -0.3 is 5.32 Å². The summed E-state index contributed by atoms with van der Waals surface area (Å²) in [5.74, 6) is 0. The van der Waals surface area contributed by atoms with Crippen LogP contribution in [0.2, 0.25) is 0 Å². The van der Waals surface area contributed by atoms with Crippen LogP contribution in [0.3, 0.4) is 0 Å². The zero-order chi connectivity index (χ0) is 10.7. The van der Waals surface area contributed by atoms with Gasteiger partial charge in [0.05, 0.1) is 6.20 Å². The van der Waals surface area contributed by atoms with Crippen LogP contribution in [0.5, 0.6) is 0 Å². The maximum atomic E-state index is 3.92. The summed E-state index contributed by atoms with van der Waals surface area (Å²) in [6, 6.07) is 2.57. The Morgan fingerprint density at radius 1 is 1.60 bits per heavy atom. The largest absolute Gasteiger partial charge is 0.305 e. The molecule has 2 N–H and O–H groups in total. The van der Waals surface area contributed by atoms with Gasteiger partial charge in [-0.15, -0.1) is 11.3 Å². The number of aromatic amines is 1. The van der Waals surface area contributed by atoms with Gasteiger partial charge in [-0.3, -0.25) is 5.10 Å². The Hall–Kier alpha value is -1.13. The van der Waals surface area contributed by atoms with E-state index < -0.39 is 0 Å². The van der Waals surface area contributed by atoms with Crippen molar-refractivity contribution >= 4 is 11.3 Å². The average molecular weight is 221 g/mol. The van der Waals surface area contributed by atoms with Crippen molar-refractivity contribution in [3.8, 4) is 0 Å². The highest BCUT2D eigenvalue weighted by Gasteiger charge is 2.08. The van der Waals surface area contributed by atoms with E-state index in [4.69, 9.17) is 0 Å². The molecule has 2 aromatic rings. The molecule has 0 saturated heterocycles. The summed E-state index contributed by atoms with van der Waals surface area (Å²) >= 11 is 1.81. The third-order valence-electron chi connectivity index (χ3n) is 2.46. The molecule has 2 aromatic heterocycles. The minimum Gasteiger partial charge on any atom is -0.305 e. The highest BCUT2D eigenvalue weighted by atomic mass is 32.1. The molecular formula is C11H15N3S. The van der Waals surface area contributed by atoms with E-state index in [-0.39, 0.29) is 0 Å². The first-order valence-electron chi connectivity index (χ1n) is 5.02. The molecule has 0 amide bonds. The number of nitrogens with zero attached hydrogens (tertiary/aromatic N) is 1. The van der Waals surface area contributed by atoms with E-state index in [9.17, 15) is 0 Å². The van der Waals surface area contributed by atoms with Gasteiger partial charge in [0.25, 0.3) is 0 Å². The Labute approximate surface area is 93.5 Å². The van der Waals surface area contributed by atoms with Gasteiger partial charge in [0.1, 0.15) is 0 Å². The molecule has 80 valence electrons. The van der Waals surface area contributed by atoms with Crippen LogP contribution in [-0.4, -0.2) is 10.2 Å². The summed E-state index contributed by atoms with van der Waals surface area (Å²) in [4.78, 5) is 1.42. The Morgan fingerprint density at radius 2 is 2.47 bits per heavy atom. The molecule has 0 fully saturated rings. The maximum Gasteiger partial charge on any atom is 0.0532 e. The number of hydrogen-bond acceptors (Lipinski definition) is 3. The molecule has 1 unspecified atom stereocenters. The van der Waals surface area contributed by atoms with Crippen LogP contribution in [0, 0.1) is 6.92 Å². The highest BCUT2D eigenvalue weighted by molar-refractivity contribution is 7.10. The fourth-order valence-electron chi connectivity index (χ4n) is 1.57. The first-order valence-corrected chi connectivity index (χ1v) is 5.90. The fraction of sp³-hybridized carbons (Fsp3) is 0.364. The average Bonchev–Trinajstić information content (AvgIpc) is 2.84. The Kier molecular flexibility index (Phi) is 3.18. The second kappa shape index (κ2) is 4.59. The van der Waals surface area contributed by atoms with Crippen LogP contribution in [0.1, 0.15) is 29.0 Å². The van der Waals surface area contributed by atoms with Crippen molar-refractivity contribution in [3.63, 3.8) is 0 Å². The lowest BCUT2D eigenvalue weighted by atomic mass is 10.2. The van der Waals surface area contributed by atoms with Crippen molar-refractivity contribution < 1.29 is 0 Å². The van der Waals surface area contributed by atoms with Crippen molar-refractivity contribution in [2.24, 2.45) is 0 Å². The molecule has 0 aliphatic rings. The summed E-state index contributed by atoms with van der Waals surface area (Å²) < 4.78 is 0. The molecule has 1 atom stereocenters. The van der Waals surface area contributed by atoms with Gasteiger partial charge in [-0.25, -0.2) is 0 Å². The van der Waals surface area contributed by atoms with Crippen LogP contribution in [0.15, 0.2) is 23.8 Å². The van der Waals surface area contributed by atoms with E-state index in [1.807, 2.05) is 23.7 Å². The van der Waals surface area contributed by atoms with E-state index in [2.05, 4.69) is 40.8 Å². The quantitative estimate of drug-likeness (QED) is 0.833. The van der Waals surface area contributed by atoms with E-state index >= 15 is 0 Å². The predicted octanol–water partition coefficient (Wildman–Crippen LogP) is 2.63. The lowest BCUT2D eigenvalue weighted by Crippen LogP contribution is -2.17. The number of H-pyrrole nitrogens is 1. The van der Waals surface area contributed by atoms with E-state index in [0.29, 0.717) is 6.04 Å². The number of aryl methyl sites for hydroxylation is 1. The molecule has 0 saturated carbocycles. The predicted molar refractivity (Wildman–Crippen MR) is 62.9 cm³/mol. The SMILES string of the molecule is Cc1ccsc1C(C)NCc1cn[nH]c1. The van der Waals surface area contributed by atoms with Gasteiger partial charge >= 0.3 is 0 Å². The van der Waals surface area contributed by atoms with Crippen LogP contribution < -0.4 is 5.32 Å². The topological polar surface area (TPSA) is 40.7 Å². The summed E-state index contributed by atoms with van der Waals surface area (Å²) in [5, 5.41) is 12.3. The van der Waals surface area contributed by atoms with Gasteiger partial charge in [-0.1, -0.05) is 0 Å². The standard InChI is InChI=1S/C11H15N3S/c1-8-3-4-15-11(8)9(2)12-5-10-6-13-14-7-10/h3-4,6-7,9,12H,5H2,1-2H3,(H,13,14). The molecular weight excluding hydrogens is 206 g/mol. The first kappa shape index (κ1) is 10.4. The molecule has 0 aromatic carbocycles. The third-order valence-corrected chi connectivity index (χ3v) is 3.66. The summed E-state index contributed by atoms with van der Waals surface area (Å²) in [7, 11) is 0. The zero-order valence-corrected chi connectivity index (χ0v) is 9.77. The second-order valence-electron chi connectivity index (χ2n) is 3.68. The molecule has 0 spiro atoms. The molecule has 2 heterocycles. The lowest BCUT2D eigenvalue weighted by Gasteiger charge is -2.12. The molecule has 0 radical (unpaired) electrons. The lowest BCUT2D eigenvalue weighted by molar-refractivity contribution is 0.581. The Balaban J connectivity index is 1.93. The first-order chi connectivity index (χ1) is 7.27. The normalized spacial score (nSPS) is 12.9. The fourth-order valence-corrected chi connectivity index (χ4v) is 2.53.